The van der Waals surface area contributed by atoms with Crippen LogP contribution in [0.2, 0.25) is 0 Å². The van der Waals surface area contributed by atoms with Crippen molar-refractivity contribution in [2.45, 2.75) is 30.8 Å². The Kier molecular flexibility index (Phi) is 4.66. The second-order valence-electron chi connectivity index (χ2n) is 4.94. The second-order valence-corrected chi connectivity index (χ2v) is 5.82. The fraction of sp³-hybridized carbons (Fsp3) is 0.533. The molecule has 104 valence electrons. The van der Waals surface area contributed by atoms with Crippen LogP contribution < -0.4 is 5.32 Å². The quantitative estimate of drug-likeness (QED) is 0.679. The minimum Gasteiger partial charge on any atom is -0.368 e. The van der Waals surface area contributed by atoms with E-state index in [9.17, 15) is 4.79 Å². The van der Waals surface area contributed by atoms with E-state index in [-0.39, 0.29) is 5.78 Å². The summed E-state index contributed by atoms with van der Waals surface area (Å²) in [5.74, 6) is 0.179. The largest absolute Gasteiger partial charge is 0.368 e. The van der Waals surface area contributed by atoms with Crippen molar-refractivity contribution in [1.82, 2.24) is 5.32 Å². The summed E-state index contributed by atoms with van der Waals surface area (Å²) in [6.45, 7) is 6.26. The molecule has 1 saturated heterocycles. The van der Waals surface area contributed by atoms with Crippen LogP contribution in [0.3, 0.4) is 0 Å². The molecule has 0 bridgehead atoms. The van der Waals surface area contributed by atoms with Crippen LogP contribution in [0, 0.1) is 0 Å². The molecule has 0 saturated carbocycles. The molecule has 0 amide bonds. The molecule has 1 aliphatic rings. The summed E-state index contributed by atoms with van der Waals surface area (Å²) in [5.41, 5.74) is 1.40. The maximum Gasteiger partial charge on any atom is 0.162 e. The first-order valence-electron chi connectivity index (χ1n) is 6.67. The van der Waals surface area contributed by atoms with Gasteiger partial charge < -0.3 is 10.1 Å². The van der Waals surface area contributed by atoms with E-state index in [2.05, 4.69) is 18.3 Å². The van der Waals surface area contributed by atoms with Crippen LogP contribution in [0.15, 0.2) is 23.1 Å². The highest BCUT2D eigenvalue weighted by Gasteiger charge is 2.33. The molecule has 0 spiro atoms. The lowest BCUT2D eigenvalue weighted by molar-refractivity contribution is -0.0576. The van der Waals surface area contributed by atoms with Gasteiger partial charge >= 0.3 is 0 Å². The lowest BCUT2D eigenvalue weighted by Crippen LogP contribution is -2.46. The van der Waals surface area contributed by atoms with Crippen molar-refractivity contribution < 1.29 is 9.53 Å². The third-order valence-electron chi connectivity index (χ3n) is 3.58. The Bertz CT molecular complexity index is 467. The number of nitrogens with one attached hydrogen (secondary N) is 1. The molecule has 0 aromatic heterocycles. The molecule has 0 radical (unpaired) electrons. The number of carbonyl (C=O) groups is 1. The normalized spacial score (nSPS) is 23.3. The smallest absolute Gasteiger partial charge is 0.162 e. The minimum absolute atomic E-state index is 0.179. The number of ketones is 1. The van der Waals surface area contributed by atoms with Gasteiger partial charge in [-0.25, -0.2) is 0 Å². The highest BCUT2D eigenvalue weighted by atomic mass is 32.2. The zero-order chi connectivity index (χ0) is 13.9. The van der Waals surface area contributed by atoms with Crippen molar-refractivity contribution in [3.8, 4) is 0 Å². The molecule has 1 aromatic carbocycles. The van der Waals surface area contributed by atoms with Gasteiger partial charge in [0.25, 0.3) is 0 Å². The first-order valence-corrected chi connectivity index (χ1v) is 7.89. The second kappa shape index (κ2) is 6.07. The number of ether oxygens (including phenoxy) is 1. The summed E-state index contributed by atoms with van der Waals surface area (Å²) in [6.07, 6.45) is 2.57. The van der Waals surface area contributed by atoms with Crippen LogP contribution in [0.5, 0.6) is 0 Å². The van der Waals surface area contributed by atoms with Gasteiger partial charge in [0.05, 0.1) is 6.61 Å². The summed E-state index contributed by atoms with van der Waals surface area (Å²) in [7, 11) is 0. The molecule has 1 N–H and O–H groups in total. The van der Waals surface area contributed by atoms with Crippen LogP contribution in [0.4, 0.5) is 0 Å². The summed E-state index contributed by atoms with van der Waals surface area (Å²) >= 11 is 1.69. The predicted molar refractivity (Wildman–Crippen MR) is 79.0 cm³/mol. The maximum absolute atomic E-state index is 12.1. The lowest BCUT2D eigenvalue weighted by atomic mass is 9.88. The van der Waals surface area contributed by atoms with Gasteiger partial charge in [-0.1, -0.05) is 6.92 Å². The van der Waals surface area contributed by atoms with E-state index in [0.29, 0.717) is 13.0 Å². The molecule has 0 aliphatic carbocycles. The predicted octanol–water partition coefficient (Wildman–Crippen LogP) is 2.84. The topological polar surface area (TPSA) is 38.3 Å². The molecule has 2 rings (SSSR count). The first kappa shape index (κ1) is 14.6. The third kappa shape index (κ3) is 3.02. The highest BCUT2D eigenvalue weighted by Crippen LogP contribution is 2.32. The fourth-order valence-corrected chi connectivity index (χ4v) is 2.86. The average Bonchev–Trinajstić information content (AvgIpc) is 2.46. The number of hydrogen-bond donors (Lipinski definition) is 1. The minimum atomic E-state index is -0.413. The Morgan fingerprint density at radius 3 is 2.89 bits per heavy atom. The van der Waals surface area contributed by atoms with Gasteiger partial charge in [-0.2, -0.15) is 0 Å². The molecular formula is C15H21NO2S. The van der Waals surface area contributed by atoms with Gasteiger partial charge in [-0.05, 0) is 36.9 Å². The van der Waals surface area contributed by atoms with Crippen molar-refractivity contribution in [1.29, 1.82) is 0 Å². The van der Waals surface area contributed by atoms with Crippen molar-refractivity contribution >= 4 is 17.5 Å². The number of rotatable bonds is 4. The number of morpholine rings is 1. The van der Waals surface area contributed by atoms with Gasteiger partial charge in [0.15, 0.2) is 5.78 Å². The molecule has 1 heterocycles. The van der Waals surface area contributed by atoms with E-state index < -0.39 is 5.60 Å². The van der Waals surface area contributed by atoms with Crippen molar-refractivity contribution in [3.05, 3.63) is 29.3 Å². The van der Waals surface area contributed by atoms with E-state index >= 15 is 0 Å². The van der Waals surface area contributed by atoms with E-state index in [1.807, 2.05) is 25.3 Å². The van der Waals surface area contributed by atoms with Crippen LogP contribution in [0.25, 0.3) is 0 Å². The lowest BCUT2D eigenvalue weighted by Gasteiger charge is -2.36. The van der Waals surface area contributed by atoms with Crippen LogP contribution >= 0.6 is 11.8 Å². The first-order chi connectivity index (χ1) is 9.10. The molecule has 4 heteroatoms. The molecule has 1 aromatic rings. The Hall–Kier alpha value is -0.840. The molecule has 1 aliphatic heterocycles. The van der Waals surface area contributed by atoms with E-state index in [1.54, 1.807) is 11.8 Å². The number of hydrogen-bond acceptors (Lipinski definition) is 4. The van der Waals surface area contributed by atoms with Crippen molar-refractivity contribution in [2.24, 2.45) is 0 Å². The third-order valence-corrected chi connectivity index (χ3v) is 4.31. The van der Waals surface area contributed by atoms with Gasteiger partial charge in [-0.3, -0.25) is 4.79 Å². The Labute approximate surface area is 119 Å². The standard InChI is InChI=1S/C15H21NO2S/c1-4-14(17)12-6-5-11(19-3)9-13(12)15(2)10-16-7-8-18-15/h5-6,9,16H,4,7-8,10H2,1-3H3. The summed E-state index contributed by atoms with van der Waals surface area (Å²) in [4.78, 5) is 13.3. The number of benzene rings is 1. The average molecular weight is 279 g/mol. The summed E-state index contributed by atoms with van der Waals surface area (Å²) in [6, 6.07) is 6.05. The van der Waals surface area contributed by atoms with E-state index in [1.165, 1.54) is 0 Å². The van der Waals surface area contributed by atoms with E-state index in [4.69, 9.17) is 4.74 Å². The Morgan fingerprint density at radius 1 is 1.53 bits per heavy atom. The molecule has 1 unspecified atom stereocenters. The SMILES string of the molecule is CCC(=O)c1ccc(SC)cc1C1(C)CNCCO1. The van der Waals surface area contributed by atoms with Crippen LogP contribution in [-0.2, 0) is 10.3 Å². The zero-order valence-electron chi connectivity index (χ0n) is 11.8. The molecule has 3 nitrogen and oxygen atoms in total. The fourth-order valence-electron chi connectivity index (χ4n) is 2.42. The van der Waals surface area contributed by atoms with Gasteiger partial charge in [0.1, 0.15) is 5.60 Å². The molecule has 19 heavy (non-hydrogen) atoms. The molecule has 1 fully saturated rings. The Balaban J connectivity index is 2.48. The van der Waals surface area contributed by atoms with Crippen LogP contribution in [-0.4, -0.2) is 31.7 Å². The summed E-state index contributed by atoms with van der Waals surface area (Å²) < 4.78 is 5.96. The Morgan fingerprint density at radius 2 is 2.32 bits per heavy atom. The van der Waals surface area contributed by atoms with Crippen molar-refractivity contribution in [3.63, 3.8) is 0 Å². The van der Waals surface area contributed by atoms with Gasteiger partial charge in [0.2, 0.25) is 0 Å². The zero-order valence-corrected chi connectivity index (χ0v) is 12.6. The van der Waals surface area contributed by atoms with Gasteiger partial charge in [-0.15, -0.1) is 11.8 Å². The van der Waals surface area contributed by atoms with E-state index in [0.717, 1.165) is 29.1 Å². The monoisotopic (exact) mass is 279 g/mol. The van der Waals surface area contributed by atoms with Crippen molar-refractivity contribution in [2.75, 3.05) is 26.0 Å². The van der Waals surface area contributed by atoms with Gasteiger partial charge in [0, 0.05) is 30.0 Å². The van der Waals surface area contributed by atoms with Crippen LogP contribution in [0.1, 0.15) is 36.2 Å². The summed E-state index contributed by atoms with van der Waals surface area (Å²) in [5, 5.41) is 3.35. The maximum atomic E-state index is 12.1. The molecular weight excluding hydrogens is 258 g/mol. The molecule has 1 atom stereocenters. The number of carbonyl (C=O) groups excluding carboxylic acids is 1. The number of Topliss-reactive ketones (excluding diaryl/α,β-unsaturated/α-hetero) is 1. The highest BCUT2D eigenvalue weighted by molar-refractivity contribution is 7.98. The number of thioether (sulfide) groups is 1.